The van der Waals surface area contributed by atoms with Gasteiger partial charge in [0.1, 0.15) is 5.75 Å². The van der Waals surface area contributed by atoms with E-state index in [1.165, 1.54) is 29.5 Å². The smallest absolute Gasteiger partial charge is 0.131 e. The normalized spacial score (nSPS) is 17.3. The highest BCUT2D eigenvalue weighted by molar-refractivity contribution is 5.71. The molecule has 3 heterocycles. The molecule has 1 aliphatic heterocycles. The monoisotopic (exact) mass is 335 g/mol. The summed E-state index contributed by atoms with van der Waals surface area (Å²) in [6.07, 6.45) is 10.6. The minimum Gasteiger partial charge on any atom is -0.496 e. The lowest BCUT2D eigenvalue weighted by Gasteiger charge is -2.22. The summed E-state index contributed by atoms with van der Waals surface area (Å²) in [5.74, 6) is 1.59. The van der Waals surface area contributed by atoms with Crippen molar-refractivity contribution in [2.75, 3.05) is 20.2 Å². The number of aromatic nitrogens is 2. The Morgan fingerprint density at radius 2 is 2.00 bits per heavy atom. The maximum absolute atomic E-state index is 5.66. The highest BCUT2D eigenvalue weighted by Crippen LogP contribution is 2.33. The molecular formula is C21H25N3O. The molecule has 0 amide bonds. The summed E-state index contributed by atoms with van der Waals surface area (Å²) < 4.78 is 5.66. The Bertz CT molecular complexity index is 807. The molecule has 0 bridgehead atoms. The van der Waals surface area contributed by atoms with E-state index in [1.54, 1.807) is 7.11 Å². The van der Waals surface area contributed by atoms with Crippen LogP contribution in [0.5, 0.6) is 5.75 Å². The number of fused-ring (bicyclic) bond motifs is 1. The molecule has 4 heteroatoms. The first-order valence-electron chi connectivity index (χ1n) is 9.13. The third-order valence-corrected chi connectivity index (χ3v) is 5.27. The fraction of sp³-hybridized carbons (Fsp3) is 0.429. The number of nitrogens with one attached hydrogen (secondary N) is 1. The van der Waals surface area contributed by atoms with Gasteiger partial charge in [-0.1, -0.05) is 11.6 Å². The number of piperidine rings is 1. The van der Waals surface area contributed by atoms with Gasteiger partial charge >= 0.3 is 0 Å². The Labute approximate surface area is 149 Å². The first kappa shape index (κ1) is 16.3. The number of rotatable bonds is 4. The predicted octanol–water partition coefficient (Wildman–Crippen LogP) is 3.65. The minimum absolute atomic E-state index is 0.719. The zero-order valence-electron chi connectivity index (χ0n) is 15.0. The number of ether oxygens (including phenoxy) is 1. The van der Waals surface area contributed by atoms with Crippen molar-refractivity contribution in [1.29, 1.82) is 0 Å². The molecule has 0 atom stereocenters. The molecule has 2 aliphatic rings. The van der Waals surface area contributed by atoms with Crippen LogP contribution >= 0.6 is 0 Å². The Balaban J connectivity index is 1.59. The van der Waals surface area contributed by atoms with Crippen LogP contribution in [0, 0.1) is 5.92 Å². The van der Waals surface area contributed by atoms with E-state index < -0.39 is 0 Å². The number of allylic oxidation sites excluding steroid dienone is 1. The van der Waals surface area contributed by atoms with E-state index in [0.29, 0.717) is 0 Å². The van der Waals surface area contributed by atoms with E-state index in [4.69, 9.17) is 9.72 Å². The molecule has 1 fully saturated rings. The number of hydrogen-bond acceptors (Lipinski definition) is 4. The van der Waals surface area contributed by atoms with Crippen LogP contribution in [-0.4, -0.2) is 30.2 Å². The fourth-order valence-corrected chi connectivity index (χ4v) is 3.89. The second-order valence-electron chi connectivity index (χ2n) is 7.21. The lowest BCUT2D eigenvalue weighted by Crippen LogP contribution is -2.28. The number of methoxy groups -OCH3 is 1. The molecule has 0 aromatic carbocycles. The standard InChI is InChI=1S/C21H25N3O/c1-14-7-16-10-20(24-12-17(16)8-14)19-13-23-18(11-21(19)25-2)9-15-3-5-22-6-4-15/h8,10-13,15,22H,3-7,9H2,1-2H3. The highest BCUT2D eigenvalue weighted by atomic mass is 16.5. The number of pyridine rings is 2. The molecule has 130 valence electrons. The number of nitrogens with zero attached hydrogens (tertiary/aromatic N) is 2. The fourth-order valence-electron chi connectivity index (χ4n) is 3.89. The van der Waals surface area contributed by atoms with E-state index in [1.807, 2.05) is 12.4 Å². The quantitative estimate of drug-likeness (QED) is 0.926. The first-order valence-corrected chi connectivity index (χ1v) is 9.13. The van der Waals surface area contributed by atoms with Gasteiger partial charge in [0.15, 0.2) is 0 Å². The van der Waals surface area contributed by atoms with Crippen LogP contribution in [0.2, 0.25) is 0 Å². The van der Waals surface area contributed by atoms with Crippen LogP contribution in [0.4, 0.5) is 0 Å². The van der Waals surface area contributed by atoms with E-state index >= 15 is 0 Å². The van der Waals surface area contributed by atoms with Gasteiger partial charge < -0.3 is 10.1 Å². The average Bonchev–Trinajstić information content (AvgIpc) is 3.01. The summed E-state index contributed by atoms with van der Waals surface area (Å²) in [6.45, 7) is 4.40. The molecule has 0 saturated carbocycles. The molecular weight excluding hydrogens is 310 g/mol. The largest absolute Gasteiger partial charge is 0.496 e. The summed E-state index contributed by atoms with van der Waals surface area (Å²) in [5, 5.41) is 3.42. The Morgan fingerprint density at radius 1 is 1.16 bits per heavy atom. The van der Waals surface area contributed by atoms with Crippen LogP contribution in [0.3, 0.4) is 0 Å². The van der Waals surface area contributed by atoms with Crippen LogP contribution in [0.1, 0.15) is 36.6 Å². The Hall–Kier alpha value is -2.20. The van der Waals surface area contributed by atoms with Gasteiger partial charge in [-0.15, -0.1) is 0 Å². The van der Waals surface area contributed by atoms with Crippen molar-refractivity contribution in [2.24, 2.45) is 5.92 Å². The van der Waals surface area contributed by atoms with Crippen molar-refractivity contribution in [2.45, 2.75) is 32.6 Å². The molecule has 1 aliphatic carbocycles. The molecule has 0 spiro atoms. The van der Waals surface area contributed by atoms with E-state index in [0.717, 1.165) is 54.5 Å². The van der Waals surface area contributed by atoms with Crippen LogP contribution in [0.25, 0.3) is 17.3 Å². The van der Waals surface area contributed by atoms with Gasteiger partial charge in [0.05, 0.1) is 18.4 Å². The molecule has 4 rings (SSSR count). The zero-order valence-corrected chi connectivity index (χ0v) is 15.0. The summed E-state index contributed by atoms with van der Waals surface area (Å²) in [6, 6.07) is 4.27. The predicted molar refractivity (Wildman–Crippen MR) is 101 cm³/mol. The highest BCUT2D eigenvalue weighted by Gasteiger charge is 2.17. The molecule has 1 saturated heterocycles. The summed E-state index contributed by atoms with van der Waals surface area (Å²) in [4.78, 5) is 9.35. The van der Waals surface area contributed by atoms with Crippen LogP contribution in [0.15, 0.2) is 30.1 Å². The van der Waals surface area contributed by atoms with Gasteiger partial charge in [0.25, 0.3) is 0 Å². The van der Waals surface area contributed by atoms with Gasteiger partial charge in [0, 0.05) is 24.2 Å². The van der Waals surface area contributed by atoms with Crippen molar-refractivity contribution in [3.63, 3.8) is 0 Å². The summed E-state index contributed by atoms with van der Waals surface area (Å²) in [5.41, 5.74) is 6.99. The zero-order chi connectivity index (χ0) is 17.2. The maximum atomic E-state index is 5.66. The summed E-state index contributed by atoms with van der Waals surface area (Å²) in [7, 11) is 1.73. The van der Waals surface area contributed by atoms with Crippen LogP contribution in [-0.2, 0) is 12.8 Å². The molecule has 2 aromatic heterocycles. The van der Waals surface area contributed by atoms with Crippen molar-refractivity contribution < 1.29 is 4.74 Å². The third-order valence-electron chi connectivity index (χ3n) is 5.27. The minimum atomic E-state index is 0.719. The van der Waals surface area contributed by atoms with Crippen molar-refractivity contribution in [3.05, 3.63) is 46.9 Å². The molecule has 0 unspecified atom stereocenters. The molecule has 4 nitrogen and oxygen atoms in total. The molecule has 0 radical (unpaired) electrons. The van der Waals surface area contributed by atoms with Crippen LogP contribution < -0.4 is 10.1 Å². The first-order chi connectivity index (χ1) is 12.2. The molecule has 25 heavy (non-hydrogen) atoms. The van der Waals surface area contributed by atoms with Gasteiger partial charge in [-0.2, -0.15) is 0 Å². The van der Waals surface area contributed by atoms with Gasteiger partial charge in [-0.3, -0.25) is 9.97 Å². The second kappa shape index (κ2) is 6.96. The van der Waals surface area contributed by atoms with Gasteiger partial charge in [-0.05, 0) is 68.8 Å². The van der Waals surface area contributed by atoms with Crippen molar-refractivity contribution in [1.82, 2.24) is 15.3 Å². The molecule has 2 aromatic rings. The lowest BCUT2D eigenvalue weighted by molar-refractivity contribution is 0.368. The maximum Gasteiger partial charge on any atom is 0.131 e. The van der Waals surface area contributed by atoms with Crippen molar-refractivity contribution in [3.8, 4) is 17.0 Å². The van der Waals surface area contributed by atoms with E-state index in [-0.39, 0.29) is 0 Å². The third kappa shape index (κ3) is 3.45. The average molecular weight is 335 g/mol. The van der Waals surface area contributed by atoms with Gasteiger partial charge in [0.2, 0.25) is 0 Å². The molecule has 1 N–H and O–H groups in total. The summed E-state index contributed by atoms with van der Waals surface area (Å²) >= 11 is 0. The number of hydrogen-bond donors (Lipinski definition) is 1. The van der Waals surface area contributed by atoms with Crippen molar-refractivity contribution >= 4 is 6.08 Å². The Morgan fingerprint density at radius 3 is 2.80 bits per heavy atom. The van der Waals surface area contributed by atoms with E-state index in [9.17, 15) is 0 Å². The SMILES string of the molecule is COc1cc(CC2CCNCC2)ncc1-c1cc2c(cn1)C=C(C)C2. The van der Waals surface area contributed by atoms with Gasteiger partial charge in [-0.25, -0.2) is 0 Å². The Kier molecular flexibility index (Phi) is 4.53. The van der Waals surface area contributed by atoms with E-state index in [2.05, 4.69) is 35.4 Å². The lowest BCUT2D eigenvalue weighted by atomic mass is 9.92. The second-order valence-corrected chi connectivity index (χ2v) is 7.21. The topological polar surface area (TPSA) is 47.0 Å².